The minimum Gasteiger partial charge on any atom is -0.488 e. The number of thioether (sulfide) groups is 1. The summed E-state index contributed by atoms with van der Waals surface area (Å²) < 4.78 is 6.75. The molecular formula is C40H44BrClN2O3S. The maximum Gasteiger partial charge on any atom is 0.253 e. The van der Waals surface area contributed by atoms with Crippen molar-refractivity contribution in [2.75, 3.05) is 26.2 Å². The first-order valence-corrected chi connectivity index (χ1v) is 18.9. The van der Waals surface area contributed by atoms with E-state index in [1.807, 2.05) is 94.7 Å². The summed E-state index contributed by atoms with van der Waals surface area (Å²) in [5.74, 6) is 3.34. The van der Waals surface area contributed by atoms with Crippen LogP contribution in [-0.2, 0) is 12.4 Å². The fourth-order valence-corrected chi connectivity index (χ4v) is 7.24. The lowest BCUT2D eigenvalue weighted by Gasteiger charge is -2.31. The molecule has 2 amide bonds. The smallest absolute Gasteiger partial charge is 0.253 e. The number of carbonyl (C=O) groups is 2. The van der Waals surface area contributed by atoms with Gasteiger partial charge in [-0.1, -0.05) is 61.8 Å². The van der Waals surface area contributed by atoms with E-state index >= 15 is 0 Å². The Morgan fingerprint density at radius 2 is 1.35 bits per heavy atom. The molecule has 252 valence electrons. The second-order valence-corrected chi connectivity index (χ2v) is 15.2. The molecule has 0 spiro atoms. The molecule has 4 aromatic carbocycles. The Hall–Kier alpha value is -3.26. The van der Waals surface area contributed by atoms with Crippen LogP contribution in [-0.4, -0.2) is 47.8 Å². The second-order valence-electron chi connectivity index (χ2n) is 12.8. The number of para-hydroxylation sites is 1. The van der Waals surface area contributed by atoms with Gasteiger partial charge in [0.2, 0.25) is 0 Å². The van der Waals surface area contributed by atoms with Gasteiger partial charge in [-0.3, -0.25) is 9.59 Å². The average Bonchev–Trinajstić information content (AvgIpc) is 3.11. The van der Waals surface area contributed by atoms with E-state index in [1.54, 1.807) is 11.8 Å². The van der Waals surface area contributed by atoms with Crippen molar-refractivity contribution in [1.82, 2.24) is 9.80 Å². The summed E-state index contributed by atoms with van der Waals surface area (Å²) in [7, 11) is 0. The zero-order valence-corrected chi connectivity index (χ0v) is 30.9. The van der Waals surface area contributed by atoms with Crippen LogP contribution >= 0.6 is 39.3 Å². The highest BCUT2D eigenvalue weighted by molar-refractivity contribution is 9.10. The van der Waals surface area contributed by atoms with E-state index in [2.05, 4.69) is 41.9 Å². The van der Waals surface area contributed by atoms with Gasteiger partial charge in [-0.2, -0.15) is 0 Å². The molecule has 0 aromatic heterocycles. The highest BCUT2D eigenvalue weighted by Gasteiger charge is 2.22. The number of ether oxygens (including phenoxy) is 1. The molecular weight excluding hydrogens is 704 g/mol. The number of benzene rings is 4. The van der Waals surface area contributed by atoms with Gasteiger partial charge in [0.25, 0.3) is 11.8 Å². The largest absolute Gasteiger partial charge is 0.488 e. The number of halogens is 2. The summed E-state index contributed by atoms with van der Waals surface area (Å²) in [5, 5.41) is 0.759. The van der Waals surface area contributed by atoms with Crippen LogP contribution in [0.15, 0.2) is 106 Å². The first-order chi connectivity index (χ1) is 23.2. The van der Waals surface area contributed by atoms with Crippen LogP contribution in [0, 0.1) is 11.8 Å². The molecule has 0 N–H and O–H groups in total. The van der Waals surface area contributed by atoms with Crippen LogP contribution in [0.25, 0.3) is 0 Å². The SMILES string of the molecule is CC1CCCN(C(=O)c2ccc(COc3ccccc3Br)cc2)C1.CC1CCN(C(=O)c2ccc(CSc3ccc(Cl)cc3)cc2)CC1. The maximum atomic E-state index is 12.6. The molecule has 0 radical (unpaired) electrons. The minimum atomic E-state index is 0.139. The fourth-order valence-electron chi connectivity index (χ4n) is 5.86. The van der Waals surface area contributed by atoms with Crippen LogP contribution in [0.3, 0.4) is 0 Å². The van der Waals surface area contributed by atoms with Gasteiger partial charge in [0, 0.05) is 53.0 Å². The summed E-state index contributed by atoms with van der Waals surface area (Å²) >= 11 is 11.1. The van der Waals surface area contributed by atoms with Crippen molar-refractivity contribution in [1.29, 1.82) is 0 Å². The van der Waals surface area contributed by atoms with Crippen molar-refractivity contribution in [3.63, 3.8) is 0 Å². The van der Waals surface area contributed by atoms with Gasteiger partial charge in [-0.05, 0) is 125 Å². The number of nitrogens with zero attached hydrogens (tertiary/aromatic N) is 2. The zero-order valence-electron chi connectivity index (χ0n) is 27.7. The molecule has 0 saturated carbocycles. The van der Waals surface area contributed by atoms with E-state index in [9.17, 15) is 9.59 Å². The third-order valence-electron chi connectivity index (χ3n) is 8.87. The van der Waals surface area contributed by atoms with Gasteiger partial charge in [0.05, 0.1) is 4.47 Å². The Morgan fingerprint density at radius 3 is 1.98 bits per heavy atom. The lowest BCUT2D eigenvalue weighted by atomic mass is 9.98. The quantitative estimate of drug-likeness (QED) is 0.168. The second kappa shape index (κ2) is 17.9. The minimum absolute atomic E-state index is 0.139. The fraction of sp³-hybridized carbons (Fsp3) is 0.350. The number of rotatable bonds is 8. The summed E-state index contributed by atoms with van der Waals surface area (Å²) in [6.07, 6.45) is 4.54. The predicted molar refractivity (Wildman–Crippen MR) is 201 cm³/mol. The van der Waals surface area contributed by atoms with Crippen LogP contribution < -0.4 is 4.74 Å². The van der Waals surface area contributed by atoms with Crippen molar-refractivity contribution in [2.24, 2.45) is 11.8 Å². The Kier molecular flexibility index (Phi) is 13.5. The predicted octanol–water partition coefficient (Wildman–Crippen LogP) is 10.4. The Bertz CT molecular complexity index is 1620. The van der Waals surface area contributed by atoms with E-state index in [1.165, 1.54) is 16.9 Å². The monoisotopic (exact) mass is 746 g/mol. The standard InChI is InChI=1S/C20H22BrNO2.C20H22ClNOS/c1-15-5-4-12-22(13-15)20(23)17-10-8-16(9-11-17)14-24-19-7-3-2-6-18(19)21;1-15-10-12-22(13-11-15)20(23)17-4-2-16(3-5-17)14-24-19-8-6-18(21)7-9-19/h2-3,6-11,15H,4-5,12-14H2,1H3;2-9,15H,10-14H2,1H3. The van der Waals surface area contributed by atoms with Crippen molar-refractivity contribution in [2.45, 2.75) is 56.8 Å². The highest BCUT2D eigenvalue weighted by atomic mass is 79.9. The van der Waals surface area contributed by atoms with E-state index in [0.29, 0.717) is 12.5 Å². The lowest BCUT2D eigenvalue weighted by molar-refractivity contribution is 0.0680. The van der Waals surface area contributed by atoms with E-state index in [0.717, 1.165) is 89.0 Å². The molecule has 0 bridgehead atoms. The molecule has 2 aliphatic heterocycles. The topological polar surface area (TPSA) is 49.9 Å². The summed E-state index contributed by atoms with van der Waals surface area (Å²) in [5.41, 5.74) is 3.83. The molecule has 4 aromatic rings. The molecule has 2 fully saturated rings. The van der Waals surface area contributed by atoms with Crippen molar-refractivity contribution in [3.05, 3.63) is 129 Å². The third kappa shape index (κ3) is 10.6. The Labute approximate surface area is 303 Å². The molecule has 48 heavy (non-hydrogen) atoms. The van der Waals surface area contributed by atoms with Crippen LogP contribution in [0.2, 0.25) is 5.02 Å². The molecule has 6 rings (SSSR count). The number of carbonyl (C=O) groups excluding carboxylic acids is 2. The van der Waals surface area contributed by atoms with Crippen molar-refractivity contribution >= 4 is 51.1 Å². The number of hydrogen-bond donors (Lipinski definition) is 0. The number of hydrogen-bond acceptors (Lipinski definition) is 4. The number of likely N-dealkylation sites (tertiary alicyclic amines) is 2. The summed E-state index contributed by atoms with van der Waals surface area (Å²) in [4.78, 5) is 30.3. The van der Waals surface area contributed by atoms with Gasteiger partial charge in [0.1, 0.15) is 12.4 Å². The molecule has 2 saturated heterocycles. The molecule has 8 heteroatoms. The lowest BCUT2D eigenvalue weighted by Crippen LogP contribution is -2.39. The summed E-state index contributed by atoms with van der Waals surface area (Å²) in [6, 6.07) is 31.4. The maximum absolute atomic E-state index is 12.6. The van der Waals surface area contributed by atoms with Crippen molar-refractivity contribution in [3.8, 4) is 5.75 Å². The van der Waals surface area contributed by atoms with Crippen molar-refractivity contribution < 1.29 is 14.3 Å². The van der Waals surface area contributed by atoms with Gasteiger partial charge in [0.15, 0.2) is 0 Å². The van der Waals surface area contributed by atoms with Crippen LogP contribution in [0.1, 0.15) is 71.4 Å². The number of amides is 2. The Morgan fingerprint density at radius 1 is 0.750 bits per heavy atom. The molecule has 5 nitrogen and oxygen atoms in total. The number of piperidine rings is 2. The van der Waals surface area contributed by atoms with E-state index < -0.39 is 0 Å². The average molecular weight is 748 g/mol. The Balaban J connectivity index is 0.000000188. The van der Waals surface area contributed by atoms with Crippen LogP contribution in [0.5, 0.6) is 5.75 Å². The van der Waals surface area contributed by atoms with E-state index in [4.69, 9.17) is 16.3 Å². The molecule has 1 atom stereocenters. The molecule has 2 heterocycles. The van der Waals surface area contributed by atoms with Crippen LogP contribution in [0.4, 0.5) is 0 Å². The third-order valence-corrected chi connectivity index (χ3v) is 10.9. The molecule has 2 aliphatic rings. The van der Waals surface area contributed by atoms with E-state index in [-0.39, 0.29) is 11.8 Å². The zero-order chi connectivity index (χ0) is 33.9. The van der Waals surface area contributed by atoms with Gasteiger partial charge in [-0.25, -0.2) is 0 Å². The first-order valence-electron chi connectivity index (χ1n) is 16.8. The molecule has 1 unspecified atom stereocenters. The normalized spacial score (nSPS) is 16.5. The highest BCUT2D eigenvalue weighted by Crippen LogP contribution is 2.26. The van der Waals surface area contributed by atoms with Gasteiger partial charge in [-0.15, -0.1) is 11.8 Å². The molecule has 0 aliphatic carbocycles. The summed E-state index contributed by atoms with van der Waals surface area (Å²) in [6.45, 7) is 8.46. The van der Waals surface area contributed by atoms with Gasteiger partial charge < -0.3 is 14.5 Å². The first kappa shape index (κ1) is 36.0. The van der Waals surface area contributed by atoms with Gasteiger partial charge >= 0.3 is 0 Å².